The number of rotatable bonds is 4. The molecule has 1 heterocycles. The van der Waals surface area contributed by atoms with Crippen LogP contribution in [0.4, 0.5) is 6.01 Å². The van der Waals surface area contributed by atoms with E-state index in [1.165, 1.54) is 0 Å². The highest BCUT2D eigenvalue weighted by Crippen LogP contribution is 2.13. The summed E-state index contributed by atoms with van der Waals surface area (Å²) in [7, 11) is 3.81. The lowest BCUT2D eigenvalue weighted by molar-refractivity contribution is 0.548. The van der Waals surface area contributed by atoms with Crippen LogP contribution < -0.4 is 10.6 Å². The van der Waals surface area contributed by atoms with Gasteiger partial charge in [0.25, 0.3) is 6.01 Å². The topological polar surface area (TPSA) is 55.3 Å². The summed E-state index contributed by atoms with van der Waals surface area (Å²) in [6, 6.07) is 0.652. The maximum atomic E-state index is 5.52. The molecule has 0 aromatic carbocycles. The Balaban J connectivity index is 2.58. The molecule has 0 amide bonds. The predicted molar refractivity (Wildman–Crippen MR) is 52.8 cm³/mol. The average molecular weight is 183 g/mol. The van der Waals surface area contributed by atoms with E-state index in [1.54, 1.807) is 6.26 Å². The quantitative estimate of drug-likeness (QED) is 0.752. The van der Waals surface area contributed by atoms with Crippen molar-refractivity contribution in [2.75, 3.05) is 25.5 Å². The van der Waals surface area contributed by atoms with Crippen molar-refractivity contribution in [3.05, 3.63) is 12.0 Å². The van der Waals surface area contributed by atoms with Gasteiger partial charge in [-0.2, -0.15) is 4.98 Å². The Morgan fingerprint density at radius 3 is 2.77 bits per heavy atom. The molecule has 1 aromatic rings. The Kier molecular flexibility index (Phi) is 3.31. The largest absolute Gasteiger partial charge is 0.432 e. The molecule has 1 aromatic heterocycles. The number of hydrogen-bond donors (Lipinski definition) is 1. The van der Waals surface area contributed by atoms with E-state index >= 15 is 0 Å². The molecule has 0 aliphatic carbocycles. The molecule has 1 unspecified atom stereocenters. The van der Waals surface area contributed by atoms with Crippen molar-refractivity contribution in [1.82, 2.24) is 4.98 Å². The van der Waals surface area contributed by atoms with Crippen LogP contribution >= 0.6 is 0 Å². The lowest BCUT2D eigenvalue weighted by Gasteiger charge is -2.05. The molecule has 13 heavy (non-hydrogen) atoms. The predicted octanol–water partition coefficient (Wildman–Crippen LogP) is 0.878. The molecular weight excluding hydrogens is 166 g/mol. The van der Waals surface area contributed by atoms with Crippen molar-refractivity contribution in [2.24, 2.45) is 11.7 Å². The third kappa shape index (κ3) is 2.73. The van der Waals surface area contributed by atoms with Gasteiger partial charge in [-0.1, -0.05) is 6.92 Å². The first-order valence-electron chi connectivity index (χ1n) is 4.45. The van der Waals surface area contributed by atoms with Crippen LogP contribution in [0.5, 0.6) is 0 Å². The smallest absolute Gasteiger partial charge is 0.296 e. The van der Waals surface area contributed by atoms with Gasteiger partial charge in [-0.25, -0.2) is 0 Å². The number of hydrogen-bond acceptors (Lipinski definition) is 4. The molecule has 0 fully saturated rings. The molecule has 2 N–H and O–H groups in total. The van der Waals surface area contributed by atoms with Crippen molar-refractivity contribution in [3.63, 3.8) is 0 Å². The maximum Gasteiger partial charge on any atom is 0.296 e. The molecule has 0 spiro atoms. The Morgan fingerprint density at radius 2 is 2.31 bits per heavy atom. The summed E-state index contributed by atoms with van der Waals surface area (Å²) in [6.07, 6.45) is 2.58. The summed E-state index contributed by atoms with van der Waals surface area (Å²) in [5.41, 5.74) is 6.49. The minimum atomic E-state index is 0.458. The second-order valence-electron chi connectivity index (χ2n) is 3.56. The number of anilines is 1. The van der Waals surface area contributed by atoms with Crippen molar-refractivity contribution in [1.29, 1.82) is 0 Å². The van der Waals surface area contributed by atoms with Crippen molar-refractivity contribution >= 4 is 6.01 Å². The number of nitrogens with two attached hydrogens (primary N) is 1. The zero-order valence-corrected chi connectivity index (χ0v) is 8.45. The summed E-state index contributed by atoms with van der Waals surface area (Å²) in [5.74, 6) is 0.458. The van der Waals surface area contributed by atoms with Gasteiger partial charge in [-0.3, -0.25) is 0 Å². The molecule has 4 heteroatoms. The zero-order valence-electron chi connectivity index (χ0n) is 8.45. The molecule has 4 nitrogen and oxygen atoms in total. The van der Waals surface area contributed by atoms with Crippen molar-refractivity contribution in [3.8, 4) is 0 Å². The Hall–Kier alpha value is -1.03. The molecule has 1 atom stereocenters. The fraction of sp³-hybridized carbons (Fsp3) is 0.667. The highest BCUT2D eigenvalue weighted by molar-refractivity contribution is 5.23. The van der Waals surface area contributed by atoms with Crippen LogP contribution in [0.3, 0.4) is 0 Å². The Morgan fingerprint density at radius 1 is 1.62 bits per heavy atom. The van der Waals surface area contributed by atoms with E-state index in [2.05, 4.69) is 11.9 Å². The van der Waals surface area contributed by atoms with Crippen LogP contribution in [-0.2, 0) is 6.42 Å². The van der Waals surface area contributed by atoms with Gasteiger partial charge in [0.05, 0.1) is 5.69 Å². The fourth-order valence-electron chi connectivity index (χ4n) is 1.04. The van der Waals surface area contributed by atoms with Gasteiger partial charge in [-0.05, 0) is 18.9 Å². The van der Waals surface area contributed by atoms with E-state index in [-0.39, 0.29) is 0 Å². The van der Waals surface area contributed by atoms with Crippen LogP contribution in [-0.4, -0.2) is 25.6 Å². The lowest BCUT2D eigenvalue weighted by Crippen LogP contribution is -2.13. The Labute approximate surface area is 78.7 Å². The summed E-state index contributed by atoms with van der Waals surface area (Å²) in [5, 5.41) is 0. The van der Waals surface area contributed by atoms with E-state index in [0.29, 0.717) is 18.5 Å². The third-order valence-corrected chi connectivity index (χ3v) is 1.88. The van der Waals surface area contributed by atoms with E-state index in [0.717, 1.165) is 12.1 Å². The molecule has 0 saturated heterocycles. The highest BCUT2D eigenvalue weighted by atomic mass is 16.4. The van der Waals surface area contributed by atoms with Gasteiger partial charge in [0.15, 0.2) is 0 Å². The first kappa shape index (κ1) is 10.1. The van der Waals surface area contributed by atoms with Gasteiger partial charge in [0.1, 0.15) is 6.26 Å². The summed E-state index contributed by atoms with van der Waals surface area (Å²) in [4.78, 5) is 6.15. The van der Waals surface area contributed by atoms with Gasteiger partial charge in [0.2, 0.25) is 0 Å². The molecule has 74 valence electrons. The Bertz CT molecular complexity index is 257. The van der Waals surface area contributed by atoms with E-state index in [1.807, 2.05) is 19.0 Å². The van der Waals surface area contributed by atoms with Gasteiger partial charge < -0.3 is 15.1 Å². The minimum absolute atomic E-state index is 0.458. The van der Waals surface area contributed by atoms with Crippen molar-refractivity contribution in [2.45, 2.75) is 13.3 Å². The van der Waals surface area contributed by atoms with E-state index < -0.39 is 0 Å². The molecule has 1 rings (SSSR count). The number of aromatic nitrogens is 1. The normalized spacial score (nSPS) is 12.9. The lowest BCUT2D eigenvalue weighted by atomic mass is 10.1. The van der Waals surface area contributed by atoms with Crippen LogP contribution in [0.1, 0.15) is 12.6 Å². The molecular formula is C9H17N3O. The number of oxazole rings is 1. The van der Waals surface area contributed by atoms with Crippen LogP contribution in [0, 0.1) is 5.92 Å². The fourth-order valence-corrected chi connectivity index (χ4v) is 1.04. The van der Waals surface area contributed by atoms with Crippen LogP contribution in [0.25, 0.3) is 0 Å². The van der Waals surface area contributed by atoms with Gasteiger partial charge in [-0.15, -0.1) is 0 Å². The van der Waals surface area contributed by atoms with E-state index in [9.17, 15) is 0 Å². The first-order chi connectivity index (χ1) is 6.13. The molecule has 0 bridgehead atoms. The molecule has 0 aliphatic rings. The molecule has 0 saturated carbocycles. The summed E-state index contributed by atoms with van der Waals surface area (Å²) >= 11 is 0. The monoisotopic (exact) mass is 183 g/mol. The third-order valence-electron chi connectivity index (χ3n) is 1.88. The second kappa shape index (κ2) is 4.28. The highest BCUT2D eigenvalue weighted by Gasteiger charge is 2.08. The van der Waals surface area contributed by atoms with Gasteiger partial charge >= 0.3 is 0 Å². The van der Waals surface area contributed by atoms with Crippen LogP contribution in [0.15, 0.2) is 10.7 Å². The van der Waals surface area contributed by atoms with Crippen molar-refractivity contribution < 1.29 is 4.42 Å². The maximum absolute atomic E-state index is 5.52. The number of nitrogens with zero attached hydrogens (tertiary/aromatic N) is 2. The second-order valence-corrected chi connectivity index (χ2v) is 3.56. The first-order valence-corrected chi connectivity index (χ1v) is 4.45. The SMILES string of the molecule is CC(CN)Cc1coc(N(C)C)n1. The average Bonchev–Trinajstić information content (AvgIpc) is 2.52. The van der Waals surface area contributed by atoms with Crippen LogP contribution in [0.2, 0.25) is 0 Å². The molecule has 0 radical (unpaired) electrons. The van der Waals surface area contributed by atoms with Gasteiger partial charge in [0, 0.05) is 14.1 Å². The summed E-state index contributed by atoms with van der Waals surface area (Å²) in [6.45, 7) is 2.79. The standard InChI is InChI=1S/C9H17N3O/c1-7(5-10)4-8-6-13-9(11-8)12(2)3/h6-7H,4-5,10H2,1-3H3. The minimum Gasteiger partial charge on any atom is -0.432 e. The van der Waals surface area contributed by atoms with E-state index in [4.69, 9.17) is 10.2 Å². The summed E-state index contributed by atoms with van der Waals surface area (Å²) < 4.78 is 5.25. The zero-order chi connectivity index (χ0) is 9.84. The molecule has 0 aliphatic heterocycles.